The summed E-state index contributed by atoms with van der Waals surface area (Å²) in [6.45, 7) is 2.46. The first-order valence-electron chi connectivity index (χ1n) is 6.92. The van der Waals surface area contributed by atoms with E-state index in [0.29, 0.717) is 6.61 Å². The van der Waals surface area contributed by atoms with Crippen molar-refractivity contribution in [3.8, 4) is 0 Å². The normalized spacial score (nSPS) is 26.4. The number of rotatable bonds is 3. The van der Waals surface area contributed by atoms with E-state index in [1.54, 1.807) is 0 Å². The lowest BCUT2D eigenvalue weighted by Crippen LogP contribution is -2.28. The average molecular weight is 265 g/mol. The number of nitrogens with zero attached hydrogens (tertiary/aromatic N) is 1. The minimum Gasteiger partial charge on any atom is -0.347 e. The fourth-order valence-corrected chi connectivity index (χ4v) is 3.34. The summed E-state index contributed by atoms with van der Waals surface area (Å²) in [5, 5.41) is 0. The topological polar surface area (TPSA) is 29.3 Å². The van der Waals surface area contributed by atoms with E-state index in [9.17, 15) is 4.79 Å². The van der Waals surface area contributed by atoms with Gasteiger partial charge in [0.05, 0.1) is 5.69 Å². The fraction of sp³-hybridized carbons (Fsp3) is 0.235. The van der Waals surface area contributed by atoms with Crippen LogP contribution in [0.1, 0.15) is 28.9 Å². The summed E-state index contributed by atoms with van der Waals surface area (Å²) in [7, 11) is 0. The SMILES string of the molecule is CCO[C@@]12C(=O)c3ccccc3N1[C@@H]2c1ccccc1. The molecule has 2 heterocycles. The van der Waals surface area contributed by atoms with Gasteiger partial charge < -0.3 is 9.64 Å². The van der Waals surface area contributed by atoms with Gasteiger partial charge in [-0.15, -0.1) is 0 Å². The molecule has 2 aromatic carbocycles. The van der Waals surface area contributed by atoms with Crippen LogP contribution in [0.4, 0.5) is 5.69 Å². The number of ketones is 1. The predicted octanol–water partition coefficient (Wildman–Crippen LogP) is 3.18. The summed E-state index contributed by atoms with van der Waals surface area (Å²) in [6.07, 6.45) is 0. The Hall–Kier alpha value is -2.13. The van der Waals surface area contributed by atoms with Crippen molar-refractivity contribution in [1.29, 1.82) is 0 Å². The van der Waals surface area contributed by atoms with Crippen molar-refractivity contribution in [2.45, 2.75) is 18.7 Å². The van der Waals surface area contributed by atoms with Gasteiger partial charge in [-0.3, -0.25) is 4.79 Å². The molecule has 0 spiro atoms. The van der Waals surface area contributed by atoms with Crippen LogP contribution >= 0.6 is 0 Å². The maximum absolute atomic E-state index is 12.8. The highest BCUT2D eigenvalue weighted by atomic mass is 16.5. The molecule has 2 aliphatic heterocycles. The third-order valence-corrected chi connectivity index (χ3v) is 4.13. The van der Waals surface area contributed by atoms with Crippen LogP contribution in [0, 0.1) is 0 Å². The molecule has 1 fully saturated rings. The molecule has 100 valence electrons. The Kier molecular flexibility index (Phi) is 2.30. The number of hydrogen-bond acceptors (Lipinski definition) is 3. The number of carbonyl (C=O) groups is 1. The van der Waals surface area contributed by atoms with Crippen molar-refractivity contribution in [1.82, 2.24) is 0 Å². The third-order valence-electron chi connectivity index (χ3n) is 4.13. The largest absolute Gasteiger partial charge is 0.347 e. The van der Waals surface area contributed by atoms with Gasteiger partial charge in [-0.1, -0.05) is 42.5 Å². The van der Waals surface area contributed by atoms with E-state index in [1.165, 1.54) is 0 Å². The van der Waals surface area contributed by atoms with Gasteiger partial charge in [0.15, 0.2) is 0 Å². The third kappa shape index (κ3) is 1.26. The number of carbonyl (C=O) groups excluding carboxylic acids is 1. The molecular formula is C17H15NO2. The summed E-state index contributed by atoms with van der Waals surface area (Å²) < 4.78 is 5.90. The molecule has 4 rings (SSSR count). The van der Waals surface area contributed by atoms with E-state index in [1.807, 2.05) is 49.4 Å². The zero-order valence-corrected chi connectivity index (χ0v) is 11.2. The maximum Gasteiger partial charge on any atom is 0.231 e. The second kappa shape index (κ2) is 3.93. The number of anilines is 1. The van der Waals surface area contributed by atoms with Crippen LogP contribution in [-0.4, -0.2) is 18.1 Å². The Bertz CT molecular complexity index is 676. The first kappa shape index (κ1) is 11.7. The Labute approximate surface area is 117 Å². The van der Waals surface area contributed by atoms with Gasteiger partial charge in [0.25, 0.3) is 0 Å². The van der Waals surface area contributed by atoms with Crippen LogP contribution in [0.5, 0.6) is 0 Å². The Balaban J connectivity index is 1.84. The second-order valence-electron chi connectivity index (χ2n) is 5.16. The smallest absolute Gasteiger partial charge is 0.231 e. The molecule has 0 aliphatic carbocycles. The van der Waals surface area contributed by atoms with Crippen LogP contribution in [0.3, 0.4) is 0 Å². The van der Waals surface area contributed by atoms with Crippen LogP contribution < -0.4 is 4.90 Å². The first-order chi connectivity index (χ1) is 9.80. The van der Waals surface area contributed by atoms with E-state index in [-0.39, 0.29) is 11.8 Å². The Morgan fingerprint density at radius 2 is 1.80 bits per heavy atom. The summed E-state index contributed by atoms with van der Waals surface area (Å²) in [6, 6.07) is 17.9. The van der Waals surface area contributed by atoms with Crippen molar-refractivity contribution in [3.63, 3.8) is 0 Å². The molecule has 0 radical (unpaired) electrons. The minimum absolute atomic E-state index is 0.00560. The van der Waals surface area contributed by atoms with Crippen LogP contribution in [0.25, 0.3) is 0 Å². The quantitative estimate of drug-likeness (QED) is 0.798. The fourth-order valence-electron chi connectivity index (χ4n) is 3.34. The van der Waals surface area contributed by atoms with Crippen molar-refractivity contribution in [3.05, 3.63) is 65.7 Å². The van der Waals surface area contributed by atoms with E-state index in [4.69, 9.17) is 4.74 Å². The van der Waals surface area contributed by atoms with Crippen LogP contribution in [0.2, 0.25) is 0 Å². The number of Topliss-reactive ketones (excluding diaryl/α,β-unsaturated/α-hetero) is 1. The van der Waals surface area contributed by atoms with Gasteiger partial charge >= 0.3 is 0 Å². The van der Waals surface area contributed by atoms with Crippen LogP contribution in [-0.2, 0) is 4.74 Å². The zero-order valence-electron chi connectivity index (χ0n) is 11.2. The predicted molar refractivity (Wildman–Crippen MR) is 76.8 cm³/mol. The van der Waals surface area contributed by atoms with E-state index >= 15 is 0 Å². The lowest BCUT2D eigenvalue weighted by Gasteiger charge is -2.11. The Morgan fingerprint density at radius 3 is 2.55 bits per heavy atom. The van der Waals surface area contributed by atoms with Crippen molar-refractivity contribution in [2.75, 3.05) is 11.5 Å². The van der Waals surface area contributed by atoms with Gasteiger partial charge in [0, 0.05) is 12.2 Å². The second-order valence-corrected chi connectivity index (χ2v) is 5.16. The molecule has 2 aliphatic rings. The molecule has 0 unspecified atom stereocenters. The van der Waals surface area contributed by atoms with Gasteiger partial charge in [0.2, 0.25) is 11.5 Å². The first-order valence-corrected chi connectivity index (χ1v) is 6.92. The van der Waals surface area contributed by atoms with E-state index in [0.717, 1.165) is 16.8 Å². The number of benzene rings is 2. The summed E-state index contributed by atoms with van der Waals surface area (Å²) in [5.41, 5.74) is 2.08. The maximum atomic E-state index is 12.8. The summed E-state index contributed by atoms with van der Waals surface area (Å²) >= 11 is 0. The molecule has 0 saturated carbocycles. The lowest BCUT2D eigenvalue weighted by molar-refractivity contribution is 0.0340. The van der Waals surface area contributed by atoms with Crippen molar-refractivity contribution in [2.24, 2.45) is 0 Å². The van der Waals surface area contributed by atoms with Crippen LogP contribution in [0.15, 0.2) is 54.6 Å². The molecule has 3 heteroatoms. The molecule has 0 bridgehead atoms. The molecular weight excluding hydrogens is 250 g/mol. The molecule has 0 aromatic heterocycles. The van der Waals surface area contributed by atoms with Gasteiger partial charge in [-0.25, -0.2) is 0 Å². The highest BCUT2D eigenvalue weighted by Gasteiger charge is 2.74. The van der Waals surface area contributed by atoms with E-state index < -0.39 is 5.72 Å². The molecule has 1 saturated heterocycles. The lowest BCUT2D eigenvalue weighted by atomic mass is 9.99. The Morgan fingerprint density at radius 1 is 1.10 bits per heavy atom. The molecule has 2 aromatic rings. The minimum atomic E-state index is -0.806. The monoisotopic (exact) mass is 265 g/mol. The number of hydrogen-bond donors (Lipinski definition) is 0. The number of ether oxygens (including phenoxy) is 1. The molecule has 3 nitrogen and oxygen atoms in total. The highest BCUT2D eigenvalue weighted by molar-refractivity contribution is 6.18. The molecule has 0 N–H and O–H groups in total. The van der Waals surface area contributed by atoms with Gasteiger partial charge in [0.1, 0.15) is 6.04 Å². The summed E-state index contributed by atoms with van der Waals surface area (Å²) in [4.78, 5) is 14.9. The summed E-state index contributed by atoms with van der Waals surface area (Å²) in [5.74, 6) is 0.0869. The zero-order chi connectivity index (χ0) is 13.7. The van der Waals surface area contributed by atoms with Crippen molar-refractivity contribution >= 4 is 11.5 Å². The molecule has 0 amide bonds. The van der Waals surface area contributed by atoms with Gasteiger partial charge in [-0.2, -0.15) is 0 Å². The number of para-hydroxylation sites is 1. The standard InChI is InChI=1S/C17H15NO2/c1-2-20-17-15(12-8-4-3-5-9-12)18(17)14-11-7-6-10-13(14)16(17)19/h3-11,15H,2H2,1H3/t15-,17+,18?/m1/s1. The molecule has 20 heavy (non-hydrogen) atoms. The molecule has 2 atom stereocenters. The van der Waals surface area contributed by atoms with Gasteiger partial charge in [-0.05, 0) is 24.6 Å². The number of fused-ring (bicyclic) bond motifs is 3. The van der Waals surface area contributed by atoms with E-state index in [2.05, 4.69) is 17.0 Å². The van der Waals surface area contributed by atoms with Crippen molar-refractivity contribution < 1.29 is 9.53 Å². The average Bonchev–Trinajstić information content (AvgIpc) is 3.10. The highest BCUT2D eigenvalue weighted by Crippen LogP contribution is 2.63.